The number of hydrogen-bond acceptors (Lipinski definition) is 4. The minimum atomic E-state index is -0.0565. The van der Waals surface area contributed by atoms with E-state index in [9.17, 15) is 4.79 Å². The Labute approximate surface area is 138 Å². The Morgan fingerprint density at radius 3 is 2.74 bits per heavy atom. The average Bonchev–Trinajstić information content (AvgIpc) is 2.83. The van der Waals surface area contributed by atoms with Crippen LogP contribution >= 0.6 is 0 Å². The lowest BCUT2D eigenvalue weighted by Crippen LogP contribution is -2.30. The summed E-state index contributed by atoms with van der Waals surface area (Å²) in [5, 5.41) is 7.44. The topological polar surface area (TPSA) is 65.4 Å². The molecule has 1 aromatic heterocycles. The van der Waals surface area contributed by atoms with Gasteiger partial charge in [-0.1, -0.05) is 19.3 Å². The molecule has 0 aromatic carbocycles. The smallest absolute Gasteiger partial charge is 0.246 e. The van der Waals surface area contributed by atoms with Crippen LogP contribution in [0.15, 0.2) is 0 Å². The zero-order valence-electron chi connectivity index (χ0n) is 14.6. The molecule has 0 unspecified atom stereocenters. The fourth-order valence-corrected chi connectivity index (χ4v) is 3.05. The van der Waals surface area contributed by atoms with Gasteiger partial charge in [0.15, 0.2) is 0 Å². The highest BCUT2D eigenvalue weighted by atomic mass is 16.5. The van der Waals surface area contributed by atoms with Gasteiger partial charge in [0.1, 0.15) is 6.61 Å². The van der Waals surface area contributed by atoms with E-state index in [4.69, 9.17) is 9.47 Å². The summed E-state index contributed by atoms with van der Waals surface area (Å²) in [7, 11) is 1.68. The molecular formula is C17H29N3O3. The van der Waals surface area contributed by atoms with Crippen molar-refractivity contribution in [3.05, 3.63) is 17.0 Å². The summed E-state index contributed by atoms with van der Waals surface area (Å²) < 4.78 is 12.7. The Kier molecular flexibility index (Phi) is 7.05. The van der Waals surface area contributed by atoms with Crippen LogP contribution in [0.25, 0.3) is 0 Å². The lowest BCUT2D eigenvalue weighted by Gasteiger charge is -2.21. The van der Waals surface area contributed by atoms with E-state index < -0.39 is 0 Å². The number of hydrogen-bond donors (Lipinski definition) is 1. The van der Waals surface area contributed by atoms with Gasteiger partial charge in [0, 0.05) is 24.9 Å². The molecule has 1 heterocycles. The van der Waals surface area contributed by atoms with Crippen molar-refractivity contribution in [2.45, 2.75) is 65.1 Å². The van der Waals surface area contributed by atoms with Gasteiger partial charge in [0.05, 0.1) is 24.9 Å². The third kappa shape index (κ3) is 5.32. The predicted molar refractivity (Wildman–Crippen MR) is 88.2 cm³/mol. The fraction of sp³-hybridized carbons (Fsp3) is 0.765. The summed E-state index contributed by atoms with van der Waals surface area (Å²) in [6.45, 7) is 6.00. The van der Waals surface area contributed by atoms with Crippen LogP contribution in [0.3, 0.4) is 0 Å². The van der Waals surface area contributed by atoms with Gasteiger partial charge in [0.25, 0.3) is 0 Å². The van der Waals surface area contributed by atoms with Gasteiger partial charge in [-0.3, -0.25) is 9.48 Å². The Bertz CT molecular complexity index is 507. The van der Waals surface area contributed by atoms with E-state index in [1.54, 1.807) is 7.11 Å². The van der Waals surface area contributed by atoms with Gasteiger partial charge >= 0.3 is 0 Å². The van der Waals surface area contributed by atoms with Gasteiger partial charge in [-0.25, -0.2) is 0 Å². The van der Waals surface area contributed by atoms with E-state index in [0.717, 1.165) is 36.3 Å². The first-order chi connectivity index (χ1) is 11.1. The molecule has 0 aliphatic heterocycles. The van der Waals surface area contributed by atoms with E-state index in [2.05, 4.69) is 10.4 Å². The molecule has 130 valence electrons. The zero-order valence-corrected chi connectivity index (χ0v) is 14.6. The van der Waals surface area contributed by atoms with Crippen molar-refractivity contribution in [3.63, 3.8) is 0 Å². The molecule has 0 saturated heterocycles. The average molecular weight is 323 g/mol. The van der Waals surface area contributed by atoms with E-state index in [1.807, 2.05) is 18.5 Å². The molecule has 1 fully saturated rings. The lowest BCUT2D eigenvalue weighted by atomic mass is 9.98. The molecule has 6 heteroatoms. The first-order valence-electron chi connectivity index (χ1n) is 8.52. The Hall–Kier alpha value is -1.40. The molecule has 1 saturated carbocycles. The Morgan fingerprint density at radius 1 is 1.30 bits per heavy atom. The summed E-state index contributed by atoms with van der Waals surface area (Å²) >= 11 is 0. The number of amides is 1. The number of aromatic nitrogens is 2. The highest BCUT2D eigenvalue weighted by molar-refractivity contribution is 5.77. The predicted octanol–water partition coefficient (Wildman–Crippen LogP) is 2.11. The van der Waals surface area contributed by atoms with Gasteiger partial charge < -0.3 is 14.8 Å². The van der Waals surface area contributed by atoms with Crippen LogP contribution in [-0.4, -0.2) is 42.1 Å². The van der Waals surface area contributed by atoms with Gasteiger partial charge in [-0.15, -0.1) is 0 Å². The molecule has 23 heavy (non-hydrogen) atoms. The quantitative estimate of drug-likeness (QED) is 0.796. The summed E-state index contributed by atoms with van der Waals surface area (Å²) in [4.78, 5) is 12.0. The number of carbonyl (C=O) groups excluding carboxylic acids is 1. The van der Waals surface area contributed by atoms with E-state index in [0.29, 0.717) is 13.2 Å². The second-order valence-corrected chi connectivity index (χ2v) is 6.21. The standard InChI is InChI=1S/C17H29N3O3/c1-13-16(14(2)20(19-13)9-10-22-3)11-18-17(21)12-23-15-7-5-4-6-8-15/h15H,4-12H2,1-3H3,(H,18,21). The van der Waals surface area contributed by atoms with Crippen molar-refractivity contribution in [2.75, 3.05) is 20.3 Å². The van der Waals surface area contributed by atoms with Crippen molar-refractivity contribution >= 4 is 5.91 Å². The van der Waals surface area contributed by atoms with Gasteiger partial charge in [-0.05, 0) is 26.7 Å². The SMILES string of the molecule is COCCn1nc(C)c(CNC(=O)COC2CCCCC2)c1C. The maximum absolute atomic E-state index is 12.0. The fourth-order valence-electron chi connectivity index (χ4n) is 3.05. The van der Waals surface area contributed by atoms with Crippen LogP contribution in [0.2, 0.25) is 0 Å². The van der Waals surface area contributed by atoms with Crippen LogP contribution in [0.4, 0.5) is 0 Å². The number of aryl methyl sites for hydroxylation is 1. The summed E-state index contributed by atoms with van der Waals surface area (Å²) in [5.41, 5.74) is 3.10. The van der Waals surface area contributed by atoms with Crippen molar-refractivity contribution in [3.8, 4) is 0 Å². The molecule has 6 nitrogen and oxygen atoms in total. The molecule has 0 atom stereocenters. The van der Waals surface area contributed by atoms with Crippen molar-refractivity contribution < 1.29 is 14.3 Å². The summed E-state index contributed by atoms with van der Waals surface area (Å²) in [6.07, 6.45) is 6.14. The molecule has 1 aromatic rings. The molecule has 0 spiro atoms. The second kappa shape index (κ2) is 9.03. The Balaban J connectivity index is 1.78. The highest BCUT2D eigenvalue weighted by Crippen LogP contribution is 2.20. The molecule has 2 rings (SSSR count). The molecular weight excluding hydrogens is 294 g/mol. The molecule has 0 radical (unpaired) electrons. The second-order valence-electron chi connectivity index (χ2n) is 6.21. The highest BCUT2D eigenvalue weighted by Gasteiger charge is 2.16. The normalized spacial score (nSPS) is 15.8. The Morgan fingerprint density at radius 2 is 2.04 bits per heavy atom. The van der Waals surface area contributed by atoms with Crippen molar-refractivity contribution in [2.24, 2.45) is 0 Å². The molecule has 0 bridgehead atoms. The third-order valence-electron chi connectivity index (χ3n) is 4.50. The minimum absolute atomic E-state index is 0.0565. The van der Waals surface area contributed by atoms with E-state index >= 15 is 0 Å². The molecule has 1 aliphatic rings. The third-order valence-corrected chi connectivity index (χ3v) is 4.50. The number of ether oxygens (including phenoxy) is 2. The molecule has 1 amide bonds. The number of carbonyl (C=O) groups is 1. The number of nitrogens with one attached hydrogen (secondary N) is 1. The van der Waals surface area contributed by atoms with Crippen LogP contribution in [0, 0.1) is 13.8 Å². The zero-order chi connectivity index (χ0) is 16.7. The first kappa shape index (κ1) is 17.9. The monoisotopic (exact) mass is 323 g/mol. The molecule has 1 N–H and O–H groups in total. The maximum Gasteiger partial charge on any atom is 0.246 e. The minimum Gasteiger partial charge on any atom is -0.383 e. The van der Waals surface area contributed by atoms with Crippen LogP contribution < -0.4 is 5.32 Å². The number of nitrogens with zero attached hydrogens (tertiary/aromatic N) is 2. The maximum atomic E-state index is 12.0. The lowest BCUT2D eigenvalue weighted by molar-refractivity contribution is -0.128. The first-order valence-corrected chi connectivity index (χ1v) is 8.52. The largest absolute Gasteiger partial charge is 0.383 e. The molecule has 1 aliphatic carbocycles. The van der Waals surface area contributed by atoms with E-state index in [1.165, 1.54) is 19.3 Å². The number of methoxy groups -OCH3 is 1. The van der Waals surface area contributed by atoms with Crippen molar-refractivity contribution in [1.29, 1.82) is 0 Å². The van der Waals surface area contributed by atoms with E-state index in [-0.39, 0.29) is 18.6 Å². The number of rotatable bonds is 8. The summed E-state index contributed by atoms with van der Waals surface area (Å²) in [6, 6.07) is 0. The van der Waals surface area contributed by atoms with Gasteiger partial charge in [0.2, 0.25) is 5.91 Å². The van der Waals surface area contributed by atoms with Gasteiger partial charge in [-0.2, -0.15) is 5.10 Å². The van der Waals surface area contributed by atoms with Crippen molar-refractivity contribution in [1.82, 2.24) is 15.1 Å². The van der Waals surface area contributed by atoms with Crippen LogP contribution in [0.5, 0.6) is 0 Å². The van der Waals surface area contributed by atoms with Crippen LogP contribution in [0.1, 0.15) is 49.1 Å². The van der Waals surface area contributed by atoms with Crippen LogP contribution in [-0.2, 0) is 27.4 Å². The summed E-state index contributed by atoms with van der Waals surface area (Å²) in [5.74, 6) is -0.0565.